The van der Waals surface area contributed by atoms with Gasteiger partial charge in [0, 0.05) is 36.8 Å². The number of nitrogens with zero attached hydrogens (tertiary/aromatic N) is 2. The lowest BCUT2D eigenvalue weighted by Gasteiger charge is -2.14. The summed E-state index contributed by atoms with van der Waals surface area (Å²) in [7, 11) is 3.72. The van der Waals surface area contributed by atoms with Crippen LogP contribution in [-0.4, -0.2) is 29.1 Å². The fourth-order valence-corrected chi connectivity index (χ4v) is 2.98. The van der Waals surface area contributed by atoms with Gasteiger partial charge in [-0.2, -0.15) is 0 Å². The molecule has 1 amide bonds. The number of aromatic nitrogens is 2. The largest absolute Gasteiger partial charge is 0.327 e. The summed E-state index contributed by atoms with van der Waals surface area (Å²) in [5, 5.41) is 6.00. The van der Waals surface area contributed by atoms with Crippen LogP contribution < -0.4 is 10.6 Å². The maximum atomic E-state index is 13.5. The van der Waals surface area contributed by atoms with Crippen molar-refractivity contribution in [1.82, 2.24) is 14.9 Å². The molecular formula is C20H25Cl2FN4O. The number of halogens is 3. The highest BCUT2D eigenvalue weighted by Crippen LogP contribution is 2.28. The average molecular weight is 427 g/mol. The number of amides is 1. The molecule has 8 heteroatoms. The third kappa shape index (κ3) is 4.82. The topological polar surface area (TPSA) is 59.0 Å². The molecule has 1 unspecified atom stereocenters. The number of fused-ring (bicyclic) bond motifs is 1. The lowest BCUT2D eigenvalue weighted by Crippen LogP contribution is -2.28. The number of carbonyl (C=O) groups is 1. The summed E-state index contributed by atoms with van der Waals surface area (Å²) in [4.78, 5) is 16.9. The predicted octanol–water partition coefficient (Wildman–Crippen LogP) is 4.33. The summed E-state index contributed by atoms with van der Waals surface area (Å²) < 4.78 is 15.4. The van der Waals surface area contributed by atoms with E-state index in [1.54, 1.807) is 6.07 Å². The Hall–Kier alpha value is -2.15. The highest BCUT2D eigenvalue weighted by Gasteiger charge is 2.15. The molecule has 0 bridgehead atoms. The van der Waals surface area contributed by atoms with E-state index in [0.29, 0.717) is 12.1 Å². The van der Waals surface area contributed by atoms with Crippen LogP contribution in [0.1, 0.15) is 12.5 Å². The number of aryl methyl sites for hydroxylation is 2. The van der Waals surface area contributed by atoms with Gasteiger partial charge in [-0.1, -0.05) is 19.1 Å². The molecule has 3 aromatic rings. The Labute approximate surface area is 176 Å². The molecule has 1 atom stereocenters. The molecule has 0 saturated heterocycles. The molecule has 5 nitrogen and oxygen atoms in total. The van der Waals surface area contributed by atoms with Gasteiger partial charge in [0.1, 0.15) is 11.6 Å². The van der Waals surface area contributed by atoms with Gasteiger partial charge < -0.3 is 15.2 Å². The van der Waals surface area contributed by atoms with Crippen molar-refractivity contribution >= 4 is 47.4 Å². The van der Waals surface area contributed by atoms with Crippen LogP contribution in [0.3, 0.4) is 0 Å². The van der Waals surface area contributed by atoms with Crippen LogP contribution in [0.2, 0.25) is 0 Å². The fraction of sp³-hybridized carbons (Fsp3) is 0.300. The Kier molecular flexibility index (Phi) is 8.42. The van der Waals surface area contributed by atoms with E-state index in [2.05, 4.69) is 15.6 Å². The van der Waals surface area contributed by atoms with E-state index in [1.165, 1.54) is 12.1 Å². The van der Waals surface area contributed by atoms with E-state index < -0.39 is 0 Å². The molecule has 1 aromatic heterocycles. The molecule has 0 fully saturated rings. The van der Waals surface area contributed by atoms with Crippen LogP contribution in [-0.2, 0) is 11.8 Å². The molecule has 0 aliphatic rings. The van der Waals surface area contributed by atoms with Crippen molar-refractivity contribution in [2.75, 3.05) is 18.9 Å². The second-order valence-corrected chi connectivity index (χ2v) is 6.61. The van der Waals surface area contributed by atoms with Gasteiger partial charge in [0.25, 0.3) is 0 Å². The summed E-state index contributed by atoms with van der Waals surface area (Å²) >= 11 is 0. The van der Waals surface area contributed by atoms with Gasteiger partial charge in [-0.05, 0) is 37.7 Å². The molecular weight excluding hydrogens is 402 g/mol. The maximum absolute atomic E-state index is 13.5. The van der Waals surface area contributed by atoms with Gasteiger partial charge in [0.15, 0.2) is 0 Å². The van der Waals surface area contributed by atoms with Crippen LogP contribution in [0.15, 0.2) is 36.4 Å². The second kappa shape index (κ2) is 9.87. The number of benzene rings is 2. The number of hydrogen-bond acceptors (Lipinski definition) is 3. The van der Waals surface area contributed by atoms with Crippen LogP contribution in [0, 0.1) is 18.7 Å². The SMILES string of the molecule is CNCC(C)C(=O)Nc1cc(-c2nc3cc(F)ccc3n2C)ccc1C.Cl.Cl. The number of hydrogen-bond donors (Lipinski definition) is 2. The quantitative estimate of drug-likeness (QED) is 0.638. The first kappa shape index (κ1) is 23.9. The molecule has 0 saturated carbocycles. The van der Waals surface area contributed by atoms with E-state index in [1.807, 2.05) is 50.7 Å². The van der Waals surface area contributed by atoms with Gasteiger partial charge in [-0.15, -0.1) is 24.8 Å². The Morgan fingerprint density at radius 1 is 1.21 bits per heavy atom. The minimum Gasteiger partial charge on any atom is -0.327 e. The van der Waals surface area contributed by atoms with Gasteiger partial charge >= 0.3 is 0 Å². The second-order valence-electron chi connectivity index (χ2n) is 6.61. The lowest BCUT2D eigenvalue weighted by atomic mass is 10.1. The summed E-state index contributed by atoms with van der Waals surface area (Å²) in [6.45, 7) is 4.44. The minimum absolute atomic E-state index is 0. The summed E-state index contributed by atoms with van der Waals surface area (Å²) in [6, 6.07) is 10.4. The van der Waals surface area contributed by atoms with Crippen LogP contribution >= 0.6 is 24.8 Å². The lowest BCUT2D eigenvalue weighted by molar-refractivity contribution is -0.119. The van der Waals surface area contributed by atoms with Crippen molar-refractivity contribution in [2.45, 2.75) is 13.8 Å². The normalized spacial score (nSPS) is 11.5. The van der Waals surface area contributed by atoms with E-state index in [4.69, 9.17) is 0 Å². The summed E-state index contributed by atoms with van der Waals surface area (Å²) in [5.41, 5.74) is 4.06. The zero-order valence-electron chi connectivity index (χ0n) is 16.2. The standard InChI is InChI=1S/C20H23FN4O.2ClH/c1-12-5-6-14(9-16(12)24-20(26)13(2)11-22-3)19-23-17-10-15(21)7-8-18(17)25(19)4;;/h5-10,13,22H,11H2,1-4H3,(H,24,26);2*1H. The first-order chi connectivity index (χ1) is 12.4. The van der Waals surface area contributed by atoms with Gasteiger partial charge in [0.2, 0.25) is 5.91 Å². The molecule has 28 heavy (non-hydrogen) atoms. The van der Waals surface area contributed by atoms with Gasteiger partial charge in [-0.25, -0.2) is 9.37 Å². The number of anilines is 1. The minimum atomic E-state index is -0.308. The first-order valence-electron chi connectivity index (χ1n) is 8.59. The summed E-state index contributed by atoms with van der Waals surface area (Å²) in [6.07, 6.45) is 0. The van der Waals surface area contributed by atoms with Crippen LogP contribution in [0.25, 0.3) is 22.4 Å². The van der Waals surface area contributed by atoms with Crippen LogP contribution in [0.4, 0.5) is 10.1 Å². The Morgan fingerprint density at radius 3 is 2.61 bits per heavy atom. The molecule has 152 valence electrons. The molecule has 0 aliphatic heterocycles. The van der Waals surface area contributed by atoms with Crippen molar-refractivity contribution in [3.63, 3.8) is 0 Å². The van der Waals surface area contributed by atoms with Crippen molar-refractivity contribution in [3.05, 3.63) is 47.8 Å². The fourth-order valence-electron chi connectivity index (χ4n) is 2.98. The first-order valence-corrected chi connectivity index (χ1v) is 8.59. The zero-order valence-corrected chi connectivity index (χ0v) is 17.9. The predicted molar refractivity (Wildman–Crippen MR) is 117 cm³/mol. The molecule has 3 rings (SSSR count). The number of rotatable bonds is 5. The average Bonchev–Trinajstić information content (AvgIpc) is 2.93. The molecule has 2 N–H and O–H groups in total. The van der Waals surface area contributed by atoms with Gasteiger partial charge in [-0.3, -0.25) is 4.79 Å². The third-order valence-corrected chi connectivity index (χ3v) is 4.55. The highest BCUT2D eigenvalue weighted by molar-refractivity contribution is 5.94. The smallest absolute Gasteiger partial charge is 0.228 e. The molecule has 1 heterocycles. The molecule has 0 aliphatic carbocycles. The Bertz CT molecular complexity index is 974. The molecule has 0 radical (unpaired) electrons. The van der Waals surface area contributed by atoms with Crippen molar-refractivity contribution in [1.29, 1.82) is 0 Å². The highest BCUT2D eigenvalue weighted by atomic mass is 35.5. The van der Waals surface area contributed by atoms with Crippen molar-refractivity contribution < 1.29 is 9.18 Å². The molecule has 2 aromatic carbocycles. The number of nitrogens with one attached hydrogen (secondary N) is 2. The number of carbonyl (C=O) groups excluding carboxylic acids is 1. The van der Waals surface area contributed by atoms with E-state index in [9.17, 15) is 9.18 Å². The Morgan fingerprint density at radius 2 is 1.93 bits per heavy atom. The molecule has 0 spiro atoms. The van der Waals surface area contributed by atoms with Crippen molar-refractivity contribution in [2.24, 2.45) is 13.0 Å². The van der Waals surface area contributed by atoms with E-state index in [0.717, 1.165) is 28.2 Å². The third-order valence-electron chi connectivity index (χ3n) is 4.55. The van der Waals surface area contributed by atoms with Crippen LogP contribution in [0.5, 0.6) is 0 Å². The summed E-state index contributed by atoms with van der Waals surface area (Å²) in [5.74, 6) is 0.246. The van der Waals surface area contributed by atoms with E-state index >= 15 is 0 Å². The monoisotopic (exact) mass is 426 g/mol. The Balaban J connectivity index is 0.00000196. The zero-order chi connectivity index (χ0) is 18.8. The van der Waals surface area contributed by atoms with Gasteiger partial charge in [0.05, 0.1) is 11.0 Å². The van der Waals surface area contributed by atoms with E-state index in [-0.39, 0.29) is 42.5 Å². The maximum Gasteiger partial charge on any atom is 0.228 e. The number of imidazole rings is 1. The van der Waals surface area contributed by atoms with Crippen molar-refractivity contribution in [3.8, 4) is 11.4 Å².